The molecule has 102 valence electrons. The van der Waals surface area contributed by atoms with Crippen molar-refractivity contribution in [2.75, 3.05) is 14.2 Å². The number of carbonyl (C=O) groups is 2. The van der Waals surface area contributed by atoms with Crippen molar-refractivity contribution in [3.63, 3.8) is 0 Å². The highest BCUT2D eigenvalue weighted by Crippen LogP contribution is 2.49. The maximum Gasteiger partial charge on any atom is 0.318 e. The van der Waals surface area contributed by atoms with Crippen molar-refractivity contribution < 1.29 is 19.1 Å². The maximum absolute atomic E-state index is 12.0. The lowest BCUT2D eigenvalue weighted by Gasteiger charge is -2.16. The van der Waals surface area contributed by atoms with E-state index in [-0.39, 0.29) is 17.9 Å². The molecule has 1 aliphatic carbocycles. The summed E-state index contributed by atoms with van der Waals surface area (Å²) in [6.07, 6.45) is 0.561. The smallest absolute Gasteiger partial charge is 0.318 e. The second kappa shape index (κ2) is 4.91. The van der Waals surface area contributed by atoms with Crippen molar-refractivity contribution in [1.29, 1.82) is 0 Å². The Balaban J connectivity index is 2.29. The third kappa shape index (κ3) is 2.28. The molecule has 0 aliphatic heterocycles. The Morgan fingerprint density at radius 1 is 1.26 bits per heavy atom. The summed E-state index contributed by atoms with van der Waals surface area (Å²) in [6, 6.07) is 7.05. The van der Waals surface area contributed by atoms with Crippen LogP contribution in [-0.2, 0) is 19.7 Å². The summed E-state index contributed by atoms with van der Waals surface area (Å²) in [7, 11) is 2.94. The zero-order valence-electron chi connectivity index (χ0n) is 11.2. The second-order valence-electron chi connectivity index (χ2n) is 4.65. The normalized spacial score (nSPS) is 24.5. The van der Waals surface area contributed by atoms with Crippen molar-refractivity contribution >= 4 is 11.9 Å². The van der Waals surface area contributed by atoms with E-state index in [0.29, 0.717) is 6.42 Å². The fourth-order valence-corrected chi connectivity index (χ4v) is 2.42. The number of ether oxygens (including phenoxy) is 2. The molecule has 1 aromatic carbocycles. The average molecular weight is 263 g/mol. The van der Waals surface area contributed by atoms with E-state index in [2.05, 4.69) is 5.32 Å². The molecule has 0 aromatic heterocycles. The van der Waals surface area contributed by atoms with E-state index in [4.69, 9.17) is 9.47 Å². The lowest BCUT2D eigenvalue weighted by molar-refractivity contribution is -0.143. The molecular formula is C14H17NO4. The topological polar surface area (TPSA) is 64.6 Å². The van der Waals surface area contributed by atoms with E-state index < -0.39 is 5.41 Å². The minimum atomic E-state index is -0.757. The van der Waals surface area contributed by atoms with Crippen LogP contribution in [0.5, 0.6) is 5.75 Å². The summed E-state index contributed by atoms with van der Waals surface area (Å²) in [6.45, 7) is 1.44. The summed E-state index contributed by atoms with van der Waals surface area (Å²) >= 11 is 0. The molecule has 2 rings (SSSR count). The van der Waals surface area contributed by atoms with Gasteiger partial charge < -0.3 is 14.8 Å². The Morgan fingerprint density at radius 3 is 2.37 bits per heavy atom. The van der Waals surface area contributed by atoms with Gasteiger partial charge in [0.15, 0.2) is 0 Å². The molecule has 1 aromatic rings. The number of methoxy groups -OCH3 is 2. The Bertz CT molecular complexity index is 497. The van der Waals surface area contributed by atoms with Gasteiger partial charge in [-0.25, -0.2) is 0 Å². The zero-order valence-corrected chi connectivity index (χ0v) is 11.2. The van der Waals surface area contributed by atoms with Crippen molar-refractivity contribution in [3.8, 4) is 5.75 Å². The first-order chi connectivity index (χ1) is 9.04. The van der Waals surface area contributed by atoms with Gasteiger partial charge in [-0.2, -0.15) is 0 Å². The second-order valence-corrected chi connectivity index (χ2v) is 4.65. The molecule has 5 heteroatoms. The van der Waals surface area contributed by atoms with E-state index in [1.54, 1.807) is 19.2 Å². The predicted octanol–water partition coefficient (Wildman–Crippen LogP) is 1.01. The molecule has 1 amide bonds. The van der Waals surface area contributed by atoms with Crippen molar-refractivity contribution in [2.45, 2.75) is 24.8 Å². The van der Waals surface area contributed by atoms with Crippen LogP contribution >= 0.6 is 0 Å². The van der Waals surface area contributed by atoms with Gasteiger partial charge in [-0.05, 0) is 24.1 Å². The van der Waals surface area contributed by atoms with Gasteiger partial charge in [-0.3, -0.25) is 9.59 Å². The fraction of sp³-hybridized carbons (Fsp3) is 0.429. The van der Waals surface area contributed by atoms with Gasteiger partial charge in [0.25, 0.3) is 0 Å². The maximum atomic E-state index is 12.0. The Morgan fingerprint density at radius 2 is 1.89 bits per heavy atom. The van der Waals surface area contributed by atoms with Crippen LogP contribution in [0.1, 0.15) is 18.9 Å². The fourth-order valence-electron chi connectivity index (χ4n) is 2.42. The first-order valence-corrected chi connectivity index (χ1v) is 6.04. The highest BCUT2D eigenvalue weighted by molar-refractivity contribution is 5.90. The van der Waals surface area contributed by atoms with Crippen molar-refractivity contribution in [2.24, 2.45) is 0 Å². The van der Waals surface area contributed by atoms with Gasteiger partial charge in [0.1, 0.15) is 11.2 Å². The van der Waals surface area contributed by atoms with Crippen LogP contribution in [0.15, 0.2) is 24.3 Å². The van der Waals surface area contributed by atoms with Crippen molar-refractivity contribution in [1.82, 2.24) is 5.32 Å². The highest BCUT2D eigenvalue weighted by atomic mass is 16.5. The van der Waals surface area contributed by atoms with Gasteiger partial charge in [-0.15, -0.1) is 0 Å². The van der Waals surface area contributed by atoms with Crippen molar-refractivity contribution in [3.05, 3.63) is 29.8 Å². The molecule has 0 saturated heterocycles. The quantitative estimate of drug-likeness (QED) is 0.824. The molecule has 1 saturated carbocycles. The monoisotopic (exact) mass is 263 g/mol. The zero-order chi connectivity index (χ0) is 14.0. The Labute approximate surface area is 111 Å². The molecule has 1 N–H and O–H groups in total. The number of hydrogen-bond acceptors (Lipinski definition) is 4. The Kier molecular flexibility index (Phi) is 3.46. The van der Waals surface area contributed by atoms with Gasteiger partial charge in [-0.1, -0.05) is 12.1 Å². The van der Waals surface area contributed by atoms with Crippen LogP contribution in [-0.4, -0.2) is 32.1 Å². The first kappa shape index (κ1) is 13.4. The number of carbonyl (C=O) groups excluding carboxylic acids is 2. The number of benzene rings is 1. The molecule has 1 fully saturated rings. The Hall–Kier alpha value is -2.04. The van der Waals surface area contributed by atoms with Crippen LogP contribution in [0.4, 0.5) is 0 Å². The number of amides is 1. The lowest BCUT2D eigenvalue weighted by atomic mass is 9.95. The molecule has 5 nitrogen and oxygen atoms in total. The van der Waals surface area contributed by atoms with Crippen LogP contribution in [0, 0.1) is 0 Å². The summed E-state index contributed by atoms with van der Waals surface area (Å²) < 4.78 is 9.97. The molecule has 2 atom stereocenters. The molecule has 0 radical (unpaired) electrons. The predicted molar refractivity (Wildman–Crippen MR) is 68.9 cm³/mol. The van der Waals surface area contributed by atoms with Crippen LogP contribution in [0.2, 0.25) is 0 Å². The van der Waals surface area contributed by atoms with Gasteiger partial charge in [0.2, 0.25) is 5.91 Å². The number of esters is 1. The minimum Gasteiger partial charge on any atom is -0.497 e. The highest BCUT2D eigenvalue weighted by Gasteiger charge is 2.62. The number of rotatable bonds is 4. The van der Waals surface area contributed by atoms with E-state index in [1.807, 2.05) is 12.1 Å². The molecular weight excluding hydrogens is 246 g/mol. The van der Waals surface area contributed by atoms with E-state index in [1.165, 1.54) is 14.0 Å². The first-order valence-electron chi connectivity index (χ1n) is 6.04. The minimum absolute atomic E-state index is 0.149. The van der Waals surface area contributed by atoms with Crippen LogP contribution in [0.25, 0.3) is 0 Å². The van der Waals surface area contributed by atoms with Gasteiger partial charge in [0.05, 0.1) is 20.3 Å². The largest absolute Gasteiger partial charge is 0.497 e. The van der Waals surface area contributed by atoms with E-state index in [9.17, 15) is 9.59 Å². The molecule has 0 spiro atoms. The van der Waals surface area contributed by atoms with Crippen LogP contribution in [0.3, 0.4) is 0 Å². The molecule has 1 aliphatic rings. The summed E-state index contributed by atoms with van der Waals surface area (Å²) in [4.78, 5) is 23.2. The molecule has 19 heavy (non-hydrogen) atoms. The molecule has 0 unspecified atom stereocenters. The molecule has 0 heterocycles. The van der Waals surface area contributed by atoms with Crippen LogP contribution < -0.4 is 10.1 Å². The van der Waals surface area contributed by atoms with E-state index in [0.717, 1.165) is 11.3 Å². The number of nitrogens with one attached hydrogen (secondary N) is 1. The third-order valence-corrected chi connectivity index (χ3v) is 3.49. The summed E-state index contributed by atoms with van der Waals surface area (Å²) in [5.74, 6) is 0.251. The standard InChI is InChI=1S/C14H17NO4/c1-9(16)15-12-8-14(12,13(17)19-3)10-4-6-11(18-2)7-5-10/h4-7,12H,8H2,1-3H3,(H,15,16)/t12-,14+/m0/s1. The van der Waals surface area contributed by atoms with Gasteiger partial charge >= 0.3 is 5.97 Å². The SMILES string of the molecule is COC(=O)[C@@]1(c2ccc(OC)cc2)C[C@@H]1NC(C)=O. The third-order valence-electron chi connectivity index (χ3n) is 3.49. The van der Waals surface area contributed by atoms with Gasteiger partial charge in [0, 0.05) is 6.92 Å². The average Bonchev–Trinajstić information content (AvgIpc) is 3.12. The molecule has 0 bridgehead atoms. The summed E-state index contributed by atoms with van der Waals surface area (Å²) in [5, 5.41) is 2.78. The lowest BCUT2D eigenvalue weighted by Crippen LogP contribution is -2.34. The number of hydrogen-bond donors (Lipinski definition) is 1. The summed E-state index contributed by atoms with van der Waals surface area (Å²) in [5.41, 5.74) is 0.0751. The van der Waals surface area contributed by atoms with E-state index >= 15 is 0 Å².